The molecule has 0 fully saturated rings. The van der Waals surface area contributed by atoms with E-state index in [0.717, 1.165) is 32.7 Å². The summed E-state index contributed by atoms with van der Waals surface area (Å²) < 4.78 is 5.13. The van der Waals surface area contributed by atoms with E-state index in [-0.39, 0.29) is 5.41 Å². The van der Waals surface area contributed by atoms with Gasteiger partial charge in [-0.25, -0.2) is 0 Å². The fraction of sp³-hybridized carbons (Fsp3) is 1.00. The van der Waals surface area contributed by atoms with Crippen molar-refractivity contribution in [2.24, 2.45) is 11.1 Å². The van der Waals surface area contributed by atoms with E-state index >= 15 is 0 Å². The zero-order chi connectivity index (χ0) is 11.9. The summed E-state index contributed by atoms with van der Waals surface area (Å²) in [5.74, 6) is 0. The van der Waals surface area contributed by atoms with E-state index in [1.165, 1.54) is 0 Å². The molecule has 0 bridgehead atoms. The van der Waals surface area contributed by atoms with Crippen LogP contribution < -0.4 is 5.73 Å². The molecule has 1 atom stereocenters. The van der Waals surface area contributed by atoms with Gasteiger partial charge in [-0.3, -0.25) is 4.90 Å². The van der Waals surface area contributed by atoms with Crippen LogP contribution in [0.3, 0.4) is 0 Å². The van der Waals surface area contributed by atoms with Crippen molar-refractivity contribution in [1.29, 1.82) is 0 Å². The molecule has 3 nitrogen and oxygen atoms in total. The minimum absolute atomic E-state index is 0.234. The van der Waals surface area contributed by atoms with Gasteiger partial charge in [0, 0.05) is 26.2 Å². The molecular weight excluding hydrogens is 188 g/mol. The predicted octanol–water partition coefficient (Wildman–Crippen LogP) is 1.72. The van der Waals surface area contributed by atoms with Crippen LogP contribution in [0, 0.1) is 5.41 Å². The Labute approximate surface area is 95.0 Å². The van der Waals surface area contributed by atoms with Crippen molar-refractivity contribution in [2.75, 3.05) is 33.4 Å². The SMILES string of the molecule is CCC(C)(CN)CN(CCOC)C(C)C. The number of nitrogens with zero attached hydrogens (tertiary/aromatic N) is 1. The van der Waals surface area contributed by atoms with Gasteiger partial charge in [-0.15, -0.1) is 0 Å². The largest absolute Gasteiger partial charge is 0.383 e. The highest BCUT2D eigenvalue weighted by Crippen LogP contribution is 2.21. The molecule has 0 aromatic carbocycles. The van der Waals surface area contributed by atoms with E-state index in [1.807, 2.05) is 0 Å². The maximum absolute atomic E-state index is 5.84. The lowest BCUT2D eigenvalue weighted by Gasteiger charge is -2.36. The molecule has 2 N–H and O–H groups in total. The molecule has 0 saturated heterocycles. The van der Waals surface area contributed by atoms with Crippen molar-refractivity contribution in [3.63, 3.8) is 0 Å². The Balaban J connectivity index is 4.25. The number of methoxy groups -OCH3 is 1. The zero-order valence-electron chi connectivity index (χ0n) is 11.0. The Kier molecular flexibility index (Phi) is 7.14. The second kappa shape index (κ2) is 7.20. The van der Waals surface area contributed by atoms with Gasteiger partial charge in [0.15, 0.2) is 0 Å². The van der Waals surface area contributed by atoms with E-state index < -0.39 is 0 Å². The van der Waals surface area contributed by atoms with E-state index in [9.17, 15) is 0 Å². The molecule has 0 saturated carbocycles. The molecule has 0 amide bonds. The highest BCUT2D eigenvalue weighted by Gasteiger charge is 2.24. The summed E-state index contributed by atoms with van der Waals surface area (Å²) in [4.78, 5) is 2.44. The normalized spacial score (nSPS) is 16.0. The molecular formula is C12H28N2O. The molecule has 0 aromatic heterocycles. The molecule has 0 spiro atoms. The second-order valence-electron chi connectivity index (χ2n) is 4.93. The number of rotatable bonds is 8. The first kappa shape index (κ1) is 14.9. The van der Waals surface area contributed by atoms with Gasteiger partial charge in [0.1, 0.15) is 0 Å². The molecule has 92 valence electrons. The zero-order valence-corrected chi connectivity index (χ0v) is 11.0. The van der Waals surface area contributed by atoms with E-state index in [2.05, 4.69) is 32.6 Å². The van der Waals surface area contributed by atoms with Gasteiger partial charge in [-0.1, -0.05) is 13.8 Å². The molecule has 0 aliphatic rings. The predicted molar refractivity (Wildman–Crippen MR) is 66.0 cm³/mol. The third-order valence-electron chi connectivity index (χ3n) is 3.24. The van der Waals surface area contributed by atoms with Gasteiger partial charge >= 0.3 is 0 Å². The number of ether oxygens (including phenoxy) is 1. The smallest absolute Gasteiger partial charge is 0.0589 e. The van der Waals surface area contributed by atoms with Crippen LogP contribution in [-0.4, -0.2) is 44.3 Å². The third kappa shape index (κ3) is 5.50. The maximum atomic E-state index is 5.84. The highest BCUT2D eigenvalue weighted by molar-refractivity contribution is 4.79. The van der Waals surface area contributed by atoms with Crippen molar-refractivity contribution in [3.8, 4) is 0 Å². The van der Waals surface area contributed by atoms with Crippen molar-refractivity contribution >= 4 is 0 Å². The Morgan fingerprint density at radius 1 is 1.40 bits per heavy atom. The number of hydrogen-bond donors (Lipinski definition) is 1. The van der Waals surface area contributed by atoms with Gasteiger partial charge in [-0.2, -0.15) is 0 Å². The Hall–Kier alpha value is -0.120. The summed E-state index contributed by atoms with van der Waals surface area (Å²) in [6.45, 7) is 12.5. The molecule has 0 radical (unpaired) electrons. The van der Waals surface area contributed by atoms with Crippen LogP contribution in [-0.2, 0) is 4.74 Å². The number of nitrogens with two attached hydrogens (primary N) is 1. The fourth-order valence-electron chi connectivity index (χ4n) is 1.54. The van der Waals surface area contributed by atoms with Crippen LogP contribution in [0.1, 0.15) is 34.1 Å². The van der Waals surface area contributed by atoms with Crippen molar-refractivity contribution in [1.82, 2.24) is 4.90 Å². The average Bonchev–Trinajstić information content (AvgIpc) is 2.23. The average molecular weight is 216 g/mol. The highest BCUT2D eigenvalue weighted by atomic mass is 16.5. The first-order chi connectivity index (χ1) is 6.99. The molecule has 3 heteroatoms. The quantitative estimate of drug-likeness (QED) is 0.671. The summed E-state index contributed by atoms with van der Waals surface area (Å²) in [5, 5.41) is 0. The summed E-state index contributed by atoms with van der Waals surface area (Å²) in [6.07, 6.45) is 1.12. The molecule has 0 rings (SSSR count). The van der Waals surface area contributed by atoms with Gasteiger partial charge in [0.2, 0.25) is 0 Å². The standard InChI is InChI=1S/C12H28N2O/c1-6-12(4,9-13)10-14(11(2)3)7-8-15-5/h11H,6-10,13H2,1-5H3. The van der Waals surface area contributed by atoms with Crippen LogP contribution >= 0.6 is 0 Å². The first-order valence-corrected chi connectivity index (χ1v) is 5.92. The van der Waals surface area contributed by atoms with Crippen molar-refractivity contribution < 1.29 is 4.74 Å². The van der Waals surface area contributed by atoms with Gasteiger partial charge in [0.25, 0.3) is 0 Å². The lowest BCUT2D eigenvalue weighted by molar-refractivity contribution is 0.0913. The molecule has 0 aliphatic carbocycles. The Bertz CT molecular complexity index is 156. The molecule has 15 heavy (non-hydrogen) atoms. The van der Waals surface area contributed by atoms with E-state index in [1.54, 1.807) is 7.11 Å². The van der Waals surface area contributed by atoms with Crippen LogP contribution in [0.4, 0.5) is 0 Å². The minimum Gasteiger partial charge on any atom is -0.383 e. The molecule has 1 unspecified atom stereocenters. The van der Waals surface area contributed by atoms with Crippen LogP contribution in [0.5, 0.6) is 0 Å². The topological polar surface area (TPSA) is 38.5 Å². The van der Waals surface area contributed by atoms with E-state index in [4.69, 9.17) is 10.5 Å². The monoisotopic (exact) mass is 216 g/mol. The lowest BCUT2D eigenvalue weighted by atomic mass is 9.87. The lowest BCUT2D eigenvalue weighted by Crippen LogP contribution is -2.44. The third-order valence-corrected chi connectivity index (χ3v) is 3.24. The van der Waals surface area contributed by atoms with Gasteiger partial charge < -0.3 is 10.5 Å². The van der Waals surface area contributed by atoms with Crippen molar-refractivity contribution in [3.05, 3.63) is 0 Å². The summed E-state index contributed by atoms with van der Waals surface area (Å²) >= 11 is 0. The first-order valence-electron chi connectivity index (χ1n) is 5.92. The van der Waals surface area contributed by atoms with Gasteiger partial charge in [0.05, 0.1) is 6.61 Å². The van der Waals surface area contributed by atoms with Crippen LogP contribution in [0.25, 0.3) is 0 Å². The second-order valence-corrected chi connectivity index (χ2v) is 4.93. The van der Waals surface area contributed by atoms with Crippen LogP contribution in [0.15, 0.2) is 0 Å². The summed E-state index contributed by atoms with van der Waals surface area (Å²) in [7, 11) is 1.75. The molecule has 0 aromatic rings. The maximum Gasteiger partial charge on any atom is 0.0589 e. The number of hydrogen-bond acceptors (Lipinski definition) is 3. The van der Waals surface area contributed by atoms with Crippen molar-refractivity contribution in [2.45, 2.75) is 40.2 Å². The summed E-state index contributed by atoms with van der Waals surface area (Å²) in [5.41, 5.74) is 6.07. The molecule has 0 aliphatic heterocycles. The Morgan fingerprint density at radius 3 is 2.33 bits per heavy atom. The molecule has 0 heterocycles. The Morgan fingerprint density at radius 2 is 2.00 bits per heavy atom. The fourth-order valence-corrected chi connectivity index (χ4v) is 1.54. The van der Waals surface area contributed by atoms with Gasteiger partial charge in [-0.05, 0) is 32.2 Å². The van der Waals surface area contributed by atoms with E-state index in [0.29, 0.717) is 6.04 Å². The minimum atomic E-state index is 0.234. The summed E-state index contributed by atoms with van der Waals surface area (Å²) in [6, 6.07) is 0.553. The van der Waals surface area contributed by atoms with Crippen LogP contribution in [0.2, 0.25) is 0 Å².